The van der Waals surface area contributed by atoms with Gasteiger partial charge < -0.3 is 4.46 Å². The molecule has 0 amide bonds. The van der Waals surface area contributed by atoms with E-state index in [0.717, 1.165) is 0 Å². The van der Waals surface area contributed by atoms with E-state index in [1.807, 2.05) is 0 Å². The maximum atomic E-state index is 8.28. The molecular weight excluding hydrogens is 340 g/mol. The first-order valence-electron chi connectivity index (χ1n) is 0.289. The molecule has 0 spiro atoms. The van der Waals surface area contributed by atoms with Gasteiger partial charge in [-0.1, -0.05) is 0 Å². The summed E-state index contributed by atoms with van der Waals surface area (Å²) >= 11 is 0. The zero-order valence-electron chi connectivity index (χ0n) is 1.79. The fourth-order valence-corrected chi connectivity index (χ4v) is 0. The van der Waals surface area contributed by atoms with E-state index < -0.39 is 0 Å². The monoisotopic (exact) mass is 343 g/mol. The van der Waals surface area contributed by atoms with Crippen molar-refractivity contribution < 1.29 is 45.0 Å². The van der Waals surface area contributed by atoms with Crippen molar-refractivity contribution in [1.82, 2.24) is 0 Å². The Morgan fingerprint density at radius 3 is 1.25 bits per heavy atom. The topological polar surface area (TPSA) is 17.1 Å². The Bertz CT molecular complexity index is 8.00. The Morgan fingerprint density at radius 1 is 1.25 bits per heavy atom. The first-order valence-corrected chi connectivity index (χ1v) is 0.866. The third-order valence-corrected chi connectivity index (χ3v) is 0. The van der Waals surface area contributed by atoms with E-state index in [-0.39, 0.29) is 40.5 Å². The molecule has 0 heterocycles. The van der Waals surface area contributed by atoms with Crippen molar-refractivity contribution in [2.24, 2.45) is 0 Å². The summed E-state index contributed by atoms with van der Waals surface area (Å²) in [5, 5.41) is 0. The van der Waals surface area contributed by atoms with E-state index in [9.17, 15) is 0 Å². The van der Waals surface area contributed by atoms with Gasteiger partial charge in [0.15, 0.2) is 0 Å². The van der Waals surface area contributed by atoms with Crippen LogP contribution in [-0.4, -0.2) is 10.1 Å². The minimum Gasteiger partial charge on any atom is -0.396 e. The average Bonchev–Trinajstić information content (AvgIpc) is 1.00. The van der Waals surface area contributed by atoms with Gasteiger partial charge in [-0.15, -0.1) is 0 Å². The number of rotatable bonds is 0. The molecule has 0 unspecified atom stereocenters. The normalized spacial score (nSPS) is 1.00. The van der Waals surface area contributed by atoms with Crippen molar-refractivity contribution in [3.63, 3.8) is 0 Å². The predicted octanol–water partition coefficient (Wildman–Crippen LogP) is -1.04. The summed E-state index contributed by atoms with van der Waals surface area (Å²) in [6, 6.07) is 0. The molecule has 0 aliphatic heterocycles. The molecular formula is H2OPtRuSi. The van der Waals surface area contributed by atoms with Crippen LogP contribution in [0.3, 0.4) is 0 Å². The van der Waals surface area contributed by atoms with Gasteiger partial charge in [0.05, 0.1) is 0 Å². The van der Waals surface area contributed by atoms with Crippen molar-refractivity contribution in [2.75, 3.05) is 0 Å². The summed E-state index contributed by atoms with van der Waals surface area (Å²) in [6.07, 6.45) is 0. The van der Waals surface area contributed by atoms with Gasteiger partial charge in [0.1, 0.15) is 0 Å². The molecule has 0 saturated carbocycles. The molecule has 1 nitrogen and oxygen atoms in total. The van der Waals surface area contributed by atoms with E-state index in [1.54, 1.807) is 0 Å². The van der Waals surface area contributed by atoms with E-state index in [4.69, 9.17) is 4.46 Å². The molecule has 0 aromatic carbocycles. The molecule has 30 valence electrons. The Balaban J connectivity index is -0.00000000500. The van der Waals surface area contributed by atoms with Gasteiger partial charge in [0, 0.05) is 40.5 Å². The molecule has 0 aliphatic rings. The molecule has 0 N–H and O–H groups in total. The average molecular weight is 342 g/mol. The molecule has 4 heavy (non-hydrogen) atoms. The van der Waals surface area contributed by atoms with Crippen molar-refractivity contribution >= 4 is 10.1 Å². The summed E-state index contributed by atoms with van der Waals surface area (Å²) in [6.45, 7) is 0. The van der Waals surface area contributed by atoms with Gasteiger partial charge in [0.25, 0.3) is 0 Å². The third-order valence-electron chi connectivity index (χ3n) is 0. The maximum absolute atomic E-state index is 8.28. The molecule has 0 rings (SSSR count). The fourth-order valence-electron chi connectivity index (χ4n) is 0. The Hall–Kier alpha value is 1.33. The smallest absolute Gasteiger partial charge is 0.245 e. The van der Waals surface area contributed by atoms with Crippen LogP contribution in [0.1, 0.15) is 0 Å². The van der Waals surface area contributed by atoms with Gasteiger partial charge >= 0.3 is 0 Å². The Morgan fingerprint density at radius 2 is 1.25 bits per heavy atom. The molecule has 0 radical (unpaired) electrons. The fraction of sp³-hybridized carbons (Fsp3) is 0. The summed E-state index contributed by atoms with van der Waals surface area (Å²) in [4.78, 5) is 0. The molecule has 0 aromatic rings. The van der Waals surface area contributed by atoms with Gasteiger partial charge in [0.2, 0.25) is 10.1 Å². The van der Waals surface area contributed by atoms with Gasteiger partial charge in [-0.2, -0.15) is 0 Å². The van der Waals surface area contributed by atoms with Crippen LogP contribution in [0.4, 0.5) is 0 Å². The molecule has 0 aromatic heterocycles. The van der Waals surface area contributed by atoms with E-state index in [2.05, 4.69) is 0 Å². The van der Waals surface area contributed by atoms with Crippen LogP contribution in [0.25, 0.3) is 0 Å². The van der Waals surface area contributed by atoms with Gasteiger partial charge in [-0.3, -0.25) is 0 Å². The van der Waals surface area contributed by atoms with Gasteiger partial charge in [-0.25, -0.2) is 0 Å². The SMILES string of the molecule is O=[SiH2].[Pt].[Ru]. The molecule has 0 atom stereocenters. The summed E-state index contributed by atoms with van der Waals surface area (Å²) in [5.74, 6) is 0. The van der Waals surface area contributed by atoms with Crippen LogP contribution in [0.2, 0.25) is 0 Å². The van der Waals surface area contributed by atoms with Gasteiger partial charge in [-0.05, 0) is 0 Å². The van der Waals surface area contributed by atoms with Crippen LogP contribution in [-0.2, 0) is 45.0 Å². The first kappa shape index (κ1) is 18.4. The van der Waals surface area contributed by atoms with E-state index >= 15 is 0 Å². The molecule has 0 aliphatic carbocycles. The molecule has 0 saturated heterocycles. The predicted molar refractivity (Wildman–Crippen MR) is 9.23 cm³/mol. The quantitative estimate of drug-likeness (QED) is 0.514. The molecule has 0 bridgehead atoms. The second-order valence-corrected chi connectivity index (χ2v) is 0. The molecule has 0 fully saturated rings. The third kappa shape index (κ3) is 10.2. The standard InChI is InChI=1S/H2OSi.Pt.Ru/c1-2;;/h2H2;;. The summed E-state index contributed by atoms with van der Waals surface area (Å²) in [5.41, 5.74) is 0. The Kier molecular flexibility index (Phi) is 125. The minimum absolute atomic E-state index is 0. The van der Waals surface area contributed by atoms with E-state index in [1.165, 1.54) is 0 Å². The largest absolute Gasteiger partial charge is 0.396 e. The zero-order valence-corrected chi connectivity index (χ0v) is 7.21. The Labute approximate surface area is 55.0 Å². The van der Waals surface area contributed by atoms with E-state index in [0.29, 0.717) is 10.1 Å². The summed E-state index contributed by atoms with van der Waals surface area (Å²) < 4.78 is 8.28. The van der Waals surface area contributed by atoms with Crippen molar-refractivity contribution in [3.05, 3.63) is 0 Å². The van der Waals surface area contributed by atoms with Crippen LogP contribution in [0.5, 0.6) is 0 Å². The van der Waals surface area contributed by atoms with Crippen LogP contribution >= 0.6 is 0 Å². The maximum Gasteiger partial charge on any atom is 0.245 e. The van der Waals surface area contributed by atoms with Crippen LogP contribution in [0, 0.1) is 0 Å². The van der Waals surface area contributed by atoms with Crippen LogP contribution in [0.15, 0.2) is 0 Å². The minimum atomic E-state index is 0. The summed E-state index contributed by atoms with van der Waals surface area (Å²) in [7, 11) is 0.611. The van der Waals surface area contributed by atoms with Crippen molar-refractivity contribution in [2.45, 2.75) is 0 Å². The molecule has 4 heteroatoms. The van der Waals surface area contributed by atoms with Crippen molar-refractivity contribution in [1.29, 1.82) is 0 Å². The second kappa shape index (κ2) is 27.2. The zero-order chi connectivity index (χ0) is 2.00. The number of hydrogen-bond acceptors (Lipinski definition) is 1. The second-order valence-electron chi connectivity index (χ2n) is 0. The van der Waals surface area contributed by atoms with Crippen molar-refractivity contribution in [3.8, 4) is 0 Å². The van der Waals surface area contributed by atoms with Crippen LogP contribution < -0.4 is 0 Å². The number of hydrogen-bond donors (Lipinski definition) is 0. The first-order chi connectivity index (χ1) is 1.00.